The molecule has 1 saturated heterocycles. The van der Waals surface area contributed by atoms with Crippen molar-refractivity contribution < 1.29 is 41.5 Å². The minimum Gasteiger partial charge on any atom is -0.364 e. The van der Waals surface area contributed by atoms with Crippen LogP contribution in [-0.2, 0) is 24.7 Å². The van der Waals surface area contributed by atoms with E-state index in [9.17, 15) is 32.3 Å². The molecule has 4 N–H and O–H groups in total. The second-order valence-electron chi connectivity index (χ2n) is 9.09. The van der Waals surface area contributed by atoms with Crippen LogP contribution in [0.4, 0.5) is 17.6 Å². The minimum absolute atomic E-state index is 0.0343. The summed E-state index contributed by atoms with van der Waals surface area (Å²) in [6, 6.07) is 4.48. The van der Waals surface area contributed by atoms with Gasteiger partial charge in [-0.15, -0.1) is 19.8 Å². The predicted molar refractivity (Wildman–Crippen MR) is 121 cm³/mol. The fraction of sp³-hybridized carbons (Fsp3) is 0.417. The van der Waals surface area contributed by atoms with Crippen LogP contribution >= 0.6 is 0 Å². The third-order valence-corrected chi connectivity index (χ3v) is 6.86. The number of para-hydroxylation sites is 1. The fourth-order valence-electron chi connectivity index (χ4n) is 4.97. The van der Waals surface area contributed by atoms with Crippen molar-refractivity contribution in [2.45, 2.75) is 37.2 Å². The van der Waals surface area contributed by atoms with E-state index in [1.54, 1.807) is 6.07 Å². The average molecular weight is 524 g/mol. The molecule has 0 radical (unpaired) electrons. The number of rotatable bonds is 10. The van der Waals surface area contributed by atoms with Crippen LogP contribution in [0, 0.1) is 17.7 Å². The van der Waals surface area contributed by atoms with Gasteiger partial charge in [-0.2, -0.15) is 0 Å². The third-order valence-electron chi connectivity index (χ3n) is 6.86. The molecule has 9 nitrogen and oxygen atoms in total. The smallest absolute Gasteiger partial charge is 0.364 e. The van der Waals surface area contributed by atoms with Gasteiger partial charge in [-0.25, -0.2) is 4.39 Å². The third kappa shape index (κ3) is 4.82. The van der Waals surface area contributed by atoms with Gasteiger partial charge in [-0.05, 0) is 31.4 Å². The summed E-state index contributed by atoms with van der Waals surface area (Å²) in [6.45, 7) is 2.62. The molecule has 1 aromatic heterocycles. The number of halogens is 4. The first-order chi connectivity index (χ1) is 17.4. The van der Waals surface area contributed by atoms with Crippen molar-refractivity contribution >= 4 is 34.4 Å². The topological polar surface area (TPSA) is 133 Å². The van der Waals surface area contributed by atoms with Gasteiger partial charge >= 0.3 is 6.36 Å². The first-order valence-corrected chi connectivity index (χ1v) is 11.4. The van der Waals surface area contributed by atoms with E-state index in [1.807, 2.05) is 0 Å². The number of hydrogen-bond donors (Lipinski definition) is 3. The van der Waals surface area contributed by atoms with E-state index in [1.165, 1.54) is 24.3 Å². The van der Waals surface area contributed by atoms with Gasteiger partial charge in [0.25, 0.3) is 5.91 Å². The molecule has 4 rings (SSSR count). The molecule has 3 amide bonds. The largest absolute Gasteiger partial charge is 0.522 e. The summed E-state index contributed by atoms with van der Waals surface area (Å²) < 4.78 is 57.8. The van der Waals surface area contributed by atoms with Crippen LogP contribution in [0.1, 0.15) is 29.8 Å². The molecule has 13 heteroatoms. The summed E-state index contributed by atoms with van der Waals surface area (Å²) in [5.74, 6) is -5.76. The van der Waals surface area contributed by atoms with Gasteiger partial charge in [0, 0.05) is 23.8 Å². The molecule has 37 heavy (non-hydrogen) atoms. The lowest BCUT2D eigenvalue weighted by atomic mass is 9.95. The summed E-state index contributed by atoms with van der Waals surface area (Å²) in [7, 11) is 0. The summed E-state index contributed by atoms with van der Waals surface area (Å²) in [6.07, 6.45) is -3.55. The molecule has 1 saturated carbocycles. The van der Waals surface area contributed by atoms with Crippen LogP contribution < -0.4 is 16.4 Å². The summed E-state index contributed by atoms with van der Waals surface area (Å²) in [4.78, 5) is 50.8. The number of carbonyl (C=O) groups excluding carboxylic acids is 4. The highest BCUT2D eigenvalue weighted by atomic mass is 19.4. The Morgan fingerprint density at radius 2 is 2.03 bits per heavy atom. The number of nitrogens with zero attached hydrogens (tertiary/aromatic N) is 1. The van der Waals surface area contributed by atoms with Crippen LogP contribution in [-0.4, -0.2) is 53.6 Å². The number of nitrogens with one attached hydrogen (secondary N) is 2. The number of alkyl halides is 3. The fourth-order valence-corrected chi connectivity index (χ4v) is 4.97. The highest BCUT2D eigenvalue weighted by Crippen LogP contribution is 2.54. The number of carbonyl (C=O) groups is 4. The van der Waals surface area contributed by atoms with Gasteiger partial charge < -0.3 is 20.9 Å². The minimum atomic E-state index is -5.08. The van der Waals surface area contributed by atoms with E-state index in [-0.39, 0.29) is 23.7 Å². The van der Waals surface area contributed by atoms with E-state index >= 15 is 4.39 Å². The van der Waals surface area contributed by atoms with Gasteiger partial charge in [0.1, 0.15) is 17.8 Å². The molecular weight excluding hydrogens is 500 g/mol. The van der Waals surface area contributed by atoms with Crippen LogP contribution in [0.3, 0.4) is 0 Å². The summed E-state index contributed by atoms with van der Waals surface area (Å²) >= 11 is 0. The van der Waals surface area contributed by atoms with Crippen molar-refractivity contribution in [1.82, 2.24) is 15.2 Å². The lowest BCUT2D eigenvalue weighted by Crippen LogP contribution is -2.51. The van der Waals surface area contributed by atoms with Gasteiger partial charge in [0.05, 0.1) is 11.6 Å². The van der Waals surface area contributed by atoms with Crippen LogP contribution in [0.25, 0.3) is 10.9 Å². The van der Waals surface area contributed by atoms with Crippen molar-refractivity contribution in [2.24, 2.45) is 17.6 Å². The Balaban J connectivity index is 1.72. The number of amides is 3. The molecule has 1 aromatic carbocycles. The maximum atomic E-state index is 15.2. The van der Waals surface area contributed by atoms with Crippen molar-refractivity contribution in [3.8, 4) is 0 Å². The number of ether oxygens (including phenoxy) is 1. The number of allylic oxidation sites excluding steroid dienone is 1. The average Bonchev–Trinajstić information content (AvgIpc) is 3.33. The first kappa shape index (κ1) is 26.3. The Morgan fingerprint density at radius 1 is 1.32 bits per heavy atom. The number of nitrogens with two attached hydrogens (primary N) is 1. The molecule has 2 fully saturated rings. The van der Waals surface area contributed by atoms with Gasteiger partial charge in [0.2, 0.25) is 11.8 Å². The molecule has 1 aliphatic heterocycles. The molecular formula is C24H24F4N4O5. The van der Waals surface area contributed by atoms with E-state index in [0.29, 0.717) is 13.0 Å². The van der Waals surface area contributed by atoms with E-state index in [0.717, 1.165) is 4.57 Å². The predicted octanol–water partition coefficient (Wildman–Crippen LogP) is 1.90. The molecule has 0 bridgehead atoms. The Bertz CT molecular complexity index is 1290. The van der Waals surface area contributed by atoms with Crippen molar-refractivity contribution in [2.75, 3.05) is 13.2 Å². The van der Waals surface area contributed by atoms with Crippen molar-refractivity contribution in [3.63, 3.8) is 0 Å². The molecule has 2 aromatic rings. The van der Waals surface area contributed by atoms with Gasteiger partial charge in [0.15, 0.2) is 11.6 Å². The maximum Gasteiger partial charge on any atom is 0.522 e. The zero-order chi connectivity index (χ0) is 27.1. The quantitative estimate of drug-likeness (QED) is 0.323. The van der Waals surface area contributed by atoms with E-state index in [2.05, 4.69) is 21.9 Å². The zero-order valence-corrected chi connectivity index (χ0v) is 19.4. The number of benzene rings is 1. The molecule has 2 aliphatic rings. The number of fused-ring (bicyclic) bond motifs is 1. The van der Waals surface area contributed by atoms with Gasteiger partial charge in [-0.3, -0.25) is 23.9 Å². The first-order valence-electron chi connectivity index (χ1n) is 11.4. The lowest BCUT2D eigenvalue weighted by Gasteiger charge is -2.26. The molecule has 1 aliphatic carbocycles. The monoisotopic (exact) mass is 524 g/mol. The zero-order valence-electron chi connectivity index (χ0n) is 19.4. The normalized spacial score (nSPS) is 23.9. The Morgan fingerprint density at radius 3 is 2.59 bits per heavy atom. The van der Waals surface area contributed by atoms with Gasteiger partial charge in [-0.1, -0.05) is 18.2 Å². The Hall–Kier alpha value is -3.74. The van der Waals surface area contributed by atoms with Crippen molar-refractivity contribution in [1.29, 1.82) is 0 Å². The molecule has 0 unspecified atom stereocenters. The SMILES string of the molecule is C=C[C@@H]1C[C@@]1(C(=O)N[C@@H](C[C@@H]1CCNC1=O)C(=O)COC(F)(F)F)n1c(C(N)=O)c(F)c2ccccc21. The second kappa shape index (κ2) is 9.61. The Kier molecular flexibility index (Phi) is 6.84. The standard InChI is InChI=1S/C24H24F4N4O5/c1-2-13-10-23(13,32-16-6-4-3-5-14(16)18(25)19(32)20(29)34)22(36)31-15(9-12-7-8-30-21(12)35)17(33)11-37-24(26,27)28/h2-6,12-13,15H,1,7-11H2,(H2,29,34)(H,30,35)(H,31,36)/t12-,13+,15-,23+/m0/s1. The van der Waals surface area contributed by atoms with E-state index < -0.39 is 71.4 Å². The molecule has 2 heterocycles. The van der Waals surface area contributed by atoms with E-state index in [4.69, 9.17) is 5.73 Å². The summed E-state index contributed by atoms with van der Waals surface area (Å²) in [5, 5.41) is 5.05. The van der Waals surface area contributed by atoms with Crippen molar-refractivity contribution in [3.05, 3.63) is 48.4 Å². The molecule has 198 valence electrons. The number of hydrogen-bond acceptors (Lipinski definition) is 5. The molecule has 0 spiro atoms. The molecule has 4 atom stereocenters. The number of primary amides is 1. The maximum absolute atomic E-state index is 15.2. The Labute approximate surface area is 208 Å². The lowest BCUT2D eigenvalue weighted by molar-refractivity contribution is -0.321. The summed E-state index contributed by atoms with van der Waals surface area (Å²) in [5.41, 5.74) is 3.47. The van der Waals surface area contributed by atoms with Crippen LogP contribution in [0.2, 0.25) is 0 Å². The van der Waals surface area contributed by atoms with Crippen LogP contribution in [0.15, 0.2) is 36.9 Å². The highest BCUT2D eigenvalue weighted by Gasteiger charge is 2.62. The number of ketones is 1. The highest BCUT2D eigenvalue weighted by molar-refractivity contribution is 6.02. The number of aromatic nitrogens is 1. The second-order valence-corrected chi connectivity index (χ2v) is 9.09. The van der Waals surface area contributed by atoms with Crippen LogP contribution in [0.5, 0.6) is 0 Å². The number of Topliss-reactive ketones (excluding diaryl/α,β-unsaturated/α-hetero) is 1.